The van der Waals surface area contributed by atoms with Crippen molar-refractivity contribution < 1.29 is 9.32 Å². The van der Waals surface area contributed by atoms with E-state index in [1.807, 2.05) is 17.0 Å². The van der Waals surface area contributed by atoms with Crippen molar-refractivity contribution in [3.8, 4) is 11.4 Å². The van der Waals surface area contributed by atoms with E-state index in [1.165, 1.54) is 6.42 Å². The van der Waals surface area contributed by atoms with E-state index >= 15 is 0 Å². The second-order valence-corrected chi connectivity index (χ2v) is 5.19. The molecule has 110 valence electrons. The molecule has 0 saturated carbocycles. The fourth-order valence-corrected chi connectivity index (χ4v) is 2.49. The zero-order chi connectivity index (χ0) is 14.5. The lowest BCUT2D eigenvalue weighted by Gasteiger charge is -2.26. The standard InChI is InChI=1S/C15H18N4O2/c20-14(19-10-2-1-3-11-19)5-4-13-17-15(18-21-13)12-6-8-16-9-7-12/h6-9H,1-5,10-11H2. The van der Waals surface area contributed by atoms with Crippen molar-refractivity contribution in [2.24, 2.45) is 0 Å². The average Bonchev–Trinajstić information content (AvgIpc) is 3.03. The molecule has 0 spiro atoms. The molecule has 1 fully saturated rings. The Morgan fingerprint density at radius 1 is 1.19 bits per heavy atom. The van der Waals surface area contributed by atoms with Gasteiger partial charge in [-0.2, -0.15) is 4.98 Å². The number of amides is 1. The van der Waals surface area contributed by atoms with Gasteiger partial charge in [0.15, 0.2) is 0 Å². The van der Waals surface area contributed by atoms with Gasteiger partial charge in [0.05, 0.1) is 0 Å². The minimum absolute atomic E-state index is 0.179. The lowest BCUT2D eigenvalue weighted by Crippen LogP contribution is -2.35. The van der Waals surface area contributed by atoms with Crippen LogP contribution in [0.3, 0.4) is 0 Å². The van der Waals surface area contributed by atoms with Gasteiger partial charge >= 0.3 is 0 Å². The lowest BCUT2D eigenvalue weighted by molar-refractivity contribution is -0.132. The Hall–Kier alpha value is -2.24. The Kier molecular flexibility index (Phi) is 4.23. The molecular weight excluding hydrogens is 268 g/mol. The molecule has 2 aromatic rings. The number of hydrogen-bond donors (Lipinski definition) is 0. The van der Waals surface area contributed by atoms with Crippen LogP contribution < -0.4 is 0 Å². The van der Waals surface area contributed by atoms with Crippen LogP contribution in [0.2, 0.25) is 0 Å². The first-order chi connectivity index (χ1) is 10.3. The van der Waals surface area contributed by atoms with Gasteiger partial charge in [-0.25, -0.2) is 0 Å². The molecular formula is C15H18N4O2. The summed E-state index contributed by atoms with van der Waals surface area (Å²) < 4.78 is 5.20. The maximum atomic E-state index is 12.1. The molecule has 0 aromatic carbocycles. The number of aryl methyl sites for hydroxylation is 1. The molecule has 6 heteroatoms. The lowest BCUT2D eigenvalue weighted by atomic mass is 10.1. The summed E-state index contributed by atoms with van der Waals surface area (Å²) in [5.74, 6) is 1.23. The molecule has 6 nitrogen and oxygen atoms in total. The van der Waals surface area contributed by atoms with Crippen molar-refractivity contribution in [1.82, 2.24) is 20.0 Å². The zero-order valence-electron chi connectivity index (χ0n) is 11.9. The Morgan fingerprint density at radius 2 is 1.95 bits per heavy atom. The van der Waals surface area contributed by atoms with E-state index in [4.69, 9.17) is 4.52 Å². The highest BCUT2D eigenvalue weighted by atomic mass is 16.5. The third-order valence-corrected chi connectivity index (χ3v) is 3.67. The third kappa shape index (κ3) is 3.45. The van der Waals surface area contributed by atoms with E-state index in [2.05, 4.69) is 15.1 Å². The van der Waals surface area contributed by atoms with Crippen molar-refractivity contribution in [3.63, 3.8) is 0 Å². The molecule has 1 amide bonds. The summed E-state index contributed by atoms with van der Waals surface area (Å²) in [6.45, 7) is 1.76. The molecule has 1 aliphatic heterocycles. The van der Waals surface area contributed by atoms with E-state index in [0.717, 1.165) is 31.5 Å². The van der Waals surface area contributed by atoms with E-state index < -0.39 is 0 Å². The predicted octanol–water partition coefficient (Wildman–Crippen LogP) is 2.08. The van der Waals surface area contributed by atoms with Crippen molar-refractivity contribution >= 4 is 5.91 Å². The van der Waals surface area contributed by atoms with Crippen LogP contribution in [0.1, 0.15) is 31.6 Å². The van der Waals surface area contributed by atoms with Gasteiger partial charge < -0.3 is 9.42 Å². The van der Waals surface area contributed by atoms with E-state index in [-0.39, 0.29) is 5.91 Å². The number of pyridine rings is 1. The van der Waals surface area contributed by atoms with Crippen LogP contribution in [-0.4, -0.2) is 39.0 Å². The molecule has 1 aliphatic rings. The highest BCUT2D eigenvalue weighted by molar-refractivity contribution is 5.76. The fraction of sp³-hybridized carbons (Fsp3) is 0.467. The third-order valence-electron chi connectivity index (χ3n) is 3.67. The molecule has 0 aliphatic carbocycles. The van der Waals surface area contributed by atoms with Gasteiger partial charge in [0, 0.05) is 43.9 Å². The number of carbonyl (C=O) groups excluding carboxylic acids is 1. The first kappa shape index (κ1) is 13.7. The highest BCUT2D eigenvalue weighted by Gasteiger charge is 2.17. The number of piperidine rings is 1. The van der Waals surface area contributed by atoms with E-state index in [1.54, 1.807) is 12.4 Å². The number of rotatable bonds is 4. The first-order valence-corrected chi connectivity index (χ1v) is 7.34. The smallest absolute Gasteiger partial charge is 0.227 e. The summed E-state index contributed by atoms with van der Waals surface area (Å²) in [6.07, 6.45) is 7.74. The van der Waals surface area contributed by atoms with Crippen LogP contribution in [0.25, 0.3) is 11.4 Å². The molecule has 0 bridgehead atoms. The average molecular weight is 286 g/mol. The van der Waals surface area contributed by atoms with E-state index in [0.29, 0.717) is 24.6 Å². The maximum Gasteiger partial charge on any atom is 0.227 e. The van der Waals surface area contributed by atoms with Gasteiger partial charge in [0.1, 0.15) is 0 Å². The van der Waals surface area contributed by atoms with Gasteiger partial charge in [-0.3, -0.25) is 9.78 Å². The minimum Gasteiger partial charge on any atom is -0.343 e. The number of aromatic nitrogens is 3. The molecule has 3 rings (SSSR count). The molecule has 1 saturated heterocycles. The maximum absolute atomic E-state index is 12.1. The Balaban J connectivity index is 1.56. The van der Waals surface area contributed by atoms with Gasteiger partial charge in [-0.1, -0.05) is 5.16 Å². The van der Waals surface area contributed by atoms with Gasteiger partial charge in [0.25, 0.3) is 0 Å². The fourth-order valence-electron chi connectivity index (χ4n) is 2.49. The first-order valence-electron chi connectivity index (χ1n) is 7.34. The number of hydrogen-bond acceptors (Lipinski definition) is 5. The van der Waals surface area contributed by atoms with Crippen molar-refractivity contribution in [2.45, 2.75) is 32.1 Å². The summed E-state index contributed by atoms with van der Waals surface area (Å²) in [5, 5.41) is 3.94. The summed E-state index contributed by atoms with van der Waals surface area (Å²) in [6, 6.07) is 3.65. The minimum atomic E-state index is 0.179. The van der Waals surface area contributed by atoms with E-state index in [9.17, 15) is 4.79 Å². The van der Waals surface area contributed by atoms with Gasteiger partial charge in [-0.15, -0.1) is 0 Å². The van der Waals surface area contributed by atoms with Crippen LogP contribution in [0.15, 0.2) is 29.0 Å². The summed E-state index contributed by atoms with van der Waals surface area (Å²) in [4.78, 5) is 22.3. The summed E-state index contributed by atoms with van der Waals surface area (Å²) in [7, 11) is 0. The van der Waals surface area contributed by atoms with Crippen LogP contribution in [0, 0.1) is 0 Å². The van der Waals surface area contributed by atoms with Crippen LogP contribution in [0.5, 0.6) is 0 Å². The molecule has 21 heavy (non-hydrogen) atoms. The highest BCUT2D eigenvalue weighted by Crippen LogP contribution is 2.15. The Bertz CT molecular complexity index is 591. The monoisotopic (exact) mass is 286 g/mol. The van der Waals surface area contributed by atoms with Gasteiger partial charge in [0.2, 0.25) is 17.6 Å². The molecule has 0 N–H and O–H groups in total. The molecule has 2 aromatic heterocycles. The largest absolute Gasteiger partial charge is 0.343 e. The number of likely N-dealkylation sites (tertiary alicyclic amines) is 1. The molecule has 0 atom stereocenters. The second-order valence-electron chi connectivity index (χ2n) is 5.19. The quantitative estimate of drug-likeness (QED) is 0.860. The summed E-state index contributed by atoms with van der Waals surface area (Å²) in [5.41, 5.74) is 0.863. The zero-order valence-corrected chi connectivity index (χ0v) is 11.9. The van der Waals surface area contributed by atoms with Crippen molar-refractivity contribution in [2.75, 3.05) is 13.1 Å². The number of nitrogens with zero attached hydrogens (tertiary/aromatic N) is 4. The SMILES string of the molecule is O=C(CCc1nc(-c2ccncc2)no1)N1CCCCC1. The van der Waals surface area contributed by atoms with Crippen LogP contribution in [0.4, 0.5) is 0 Å². The van der Waals surface area contributed by atoms with Gasteiger partial charge in [-0.05, 0) is 31.4 Å². The summed E-state index contributed by atoms with van der Waals surface area (Å²) >= 11 is 0. The Labute approximate surface area is 123 Å². The van der Waals surface area contributed by atoms with Crippen LogP contribution in [-0.2, 0) is 11.2 Å². The van der Waals surface area contributed by atoms with Crippen molar-refractivity contribution in [1.29, 1.82) is 0 Å². The molecule has 0 unspecified atom stereocenters. The predicted molar refractivity (Wildman–Crippen MR) is 76.3 cm³/mol. The normalized spacial score (nSPS) is 15.1. The Morgan fingerprint density at radius 3 is 2.71 bits per heavy atom. The van der Waals surface area contributed by atoms with Crippen molar-refractivity contribution in [3.05, 3.63) is 30.4 Å². The molecule has 0 radical (unpaired) electrons. The number of carbonyl (C=O) groups is 1. The van der Waals surface area contributed by atoms with Crippen LogP contribution >= 0.6 is 0 Å². The molecule has 3 heterocycles. The topological polar surface area (TPSA) is 72.1 Å². The second kappa shape index (κ2) is 6.47.